The van der Waals surface area contributed by atoms with Crippen LogP contribution in [0.15, 0.2) is 28.8 Å². The minimum atomic E-state index is 0.315. The minimum absolute atomic E-state index is 0.315. The Morgan fingerprint density at radius 1 is 1.25 bits per heavy atom. The van der Waals surface area contributed by atoms with Gasteiger partial charge in [-0.3, -0.25) is 0 Å². The van der Waals surface area contributed by atoms with E-state index < -0.39 is 0 Å². The zero-order valence-corrected chi connectivity index (χ0v) is 12.0. The fraction of sp³-hybridized carbons (Fsp3) is 0.467. The average Bonchev–Trinajstić information content (AvgIpc) is 2.84. The molecule has 0 spiro atoms. The van der Waals surface area contributed by atoms with Crippen molar-refractivity contribution in [2.75, 3.05) is 6.54 Å². The highest BCUT2D eigenvalue weighted by Crippen LogP contribution is 2.11. The van der Waals surface area contributed by atoms with Crippen LogP contribution in [0.4, 0.5) is 0 Å². The molecule has 1 aromatic heterocycles. The molecule has 20 heavy (non-hydrogen) atoms. The first-order valence-electron chi connectivity index (χ1n) is 6.94. The highest BCUT2D eigenvalue weighted by Gasteiger charge is 2.05. The lowest BCUT2D eigenvalue weighted by Crippen LogP contribution is -2.28. The van der Waals surface area contributed by atoms with Gasteiger partial charge >= 0.3 is 0 Å². The summed E-state index contributed by atoms with van der Waals surface area (Å²) in [5, 5.41) is 16.4. The number of phenolic OH excluding ortho intramolecular Hbond substituents is 1. The second-order valence-corrected chi connectivity index (χ2v) is 5.05. The summed E-state index contributed by atoms with van der Waals surface area (Å²) in [5.41, 5.74) is 1.24. The van der Waals surface area contributed by atoms with Crippen molar-refractivity contribution >= 4 is 0 Å². The monoisotopic (exact) mass is 275 g/mol. The van der Waals surface area contributed by atoms with Crippen LogP contribution in [0.25, 0.3) is 0 Å². The standard InChI is InChI=1S/C15H21N3O2/c1-11(3-4-13-5-7-14(19)8-6-13)16-10-9-15-17-12(2)18-20-15/h5-8,11,16,19H,3-4,9-10H2,1-2H3. The summed E-state index contributed by atoms with van der Waals surface area (Å²) in [6.45, 7) is 4.82. The van der Waals surface area contributed by atoms with E-state index in [-0.39, 0.29) is 0 Å². The van der Waals surface area contributed by atoms with Gasteiger partial charge in [-0.15, -0.1) is 0 Å². The van der Waals surface area contributed by atoms with E-state index in [0.29, 0.717) is 23.5 Å². The highest BCUT2D eigenvalue weighted by molar-refractivity contribution is 5.25. The first-order chi connectivity index (χ1) is 9.63. The van der Waals surface area contributed by atoms with Crippen LogP contribution in [0.3, 0.4) is 0 Å². The molecule has 0 aliphatic carbocycles. The quantitative estimate of drug-likeness (QED) is 0.811. The van der Waals surface area contributed by atoms with Crippen LogP contribution in [0, 0.1) is 6.92 Å². The third-order valence-corrected chi connectivity index (χ3v) is 3.20. The van der Waals surface area contributed by atoms with Crippen molar-refractivity contribution in [3.8, 4) is 5.75 Å². The third-order valence-electron chi connectivity index (χ3n) is 3.20. The molecule has 0 saturated carbocycles. The normalized spacial score (nSPS) is 12.5. The maximum atomic E-state index is 9.23. The Labute approximate surface area is 119 Å². The lowest BCUT2D eigenvalue weighted by Gasteiger charge is -2.12. The summed E-state index contributed by atoms with van der Waals surface area (Å²) in [7, 11) is 0. The molecule has 5 heteroatoms. The molecule has 1 atom stereocenters. The number of aromatic hydroxyl groups is 1. The smallest absolute Gasteiger partial charge is 0.227 e. The van der Waals surface area contributed by atoms with Gasteiger partial charge in [0.05, 0.1) is 0 Å². The average molecular weight is 275 g/mol. The molecule has 0 saturated heterocycles. The molecule has 1 unspecified atom stereocenters. The minimum Gasteiger partial charge on any atom is -0.508 e. The number of hydrogen-bond acceptors (Lipinski definition) is 5. The molecule has 0 bridgehead atoms. The summed E-state index contributed by atoms with van der Waals surface area (Å²) >= 11 is 0. The molecule has 2 N–H and O–H groups in total. The van der Waals surface area contributed by atoms with Crippen molar-refractivity contribution in [2.24, 2.45) is 0 Å². The number of hydrogen-bond donors (Lipinski definition) is 2. The van der Waals surface area contributed by atoms with Crippen molar-refractivity contribution in [3.63, 3.8) is 0 Å². The molecule has 0 fully saturated rings. The van der Waals surface area contributed by atoms with E-state index in [1.807, 2.05) is 19.1 Å². The number of aromatic nitrogens is 2. The Morgan fingerprint density at radius 3 is 2.65 bits per heavy atom. The Kier molecular flexibility index (Phi) is 5.12. The lowest BCUT2D eigenvalue weighted by molar-refractivity contribution is 0.369. The van der Waals surface area contributed by atoms with Gasteiger partial charge in [-0.2, -0.15) is 4.98 Å². The summed E-state index contributed by atoms with van der Waals surface area (Å²) in [4.78, 5) is 4.17. The van der Waals surface area contributed by atoms with E-state index in [1.165, 1.54) is 5.56 Å². The molecule has 5 nitrogen and oxygen atoms in total. The summed E-state index contributed by atoms with van der Waals surface area (Å²) in [5.74, 6) is 1.68. The third kappa shape index (κ3) is 4.66. The Morgan fingerprint density at radius 2 is 2.00 bits per heavy atom. The van der Waals surface area contributed by atoms with Gasteiger partial charge in [0.15, 0.2) is 5.82 Å². The Bertz CT molecular complexity index is 522. The molecule has 1 heterocycles. The van der Waals surface area contributed by atoms with E-state index in [9.17, 15) is 5.11 Å². The zero-order chi connectivity index (χ0) is 14.4. The molecule has 2 aromatic rings. The van der Waals surface area contributed by atoms with Crippen molar-refractivity contribution < 1.29 is 9.63 Å². The zero-order valence-electron chi connectivity index (χ0n) is 12.0. The molecule has 0 radical (unpaired) electrons. The topological polar surface area (TPSA) is 71.2 Å². The van der Waals surface area contributed by atoms with Gasteiger partial charge in [0.1, 0.15) is 5.75 Å². The molecule has 0 aliphatic heterocycles. The number of benzene rings is 1. The van der Waals surface area contributed by atoms with Crippen LogP contribution < -0.4 is 5.32 Å². The van der Waals surface area contributed by atoms with Crippen LogP contribution in [0.5, 0.6) is 5.75 Å². The largest absolute Gasteiger partial charge is 0.508 e. The van der Waals surface area contributed by atoms with Gasteiger partial charge in [-0.05, 0) is 44.4 Å². The van der Waals surface area contributed by atoms with E-state index >= 15 is 0 Å². The second-order valence-electron chi connectivity index (χ2n) is 5.05. The van der Waals surface area contributed by atoms with Gasteiger partial charge in [0.25, 0.3) is 0 Å². The van der Waals surface area contributed by atoms with E-state index in [1.54, 1.807) is 12.1 Å². The Hall–Kier alpha value is -1.88. The Balaban J connectivity index is 1.65. The van der Waals surface area contributed by atoms with Crippen molar-refractivity contribution in [2.45, 2.75) is 39.2 Å². The fourth-order valence-corrected chi connectivity index (χ4v) is 2.01. The molecular formula is C15H21N3O2. The van der Waals surface area contributed by atoms with Crippen LogP contribution in [0.2, 0.25) is 0 Å². The van der Waals surface area contributed by atoms with Crippen LogP contribution in [-0.2, 0) is 12.8 Å². The molecule has 1 aromatic carbocycles. The van der Waals surface area contributed by atoms with Gasteiger partial charge in [0, 0.05) is 19.0 Å². The lowest BCUT2D eigenvalue weighted by atomic mass is 10.1. The predicted octanol–water partition coefficient (Wildman–Crippen LogP) is 2.24. The highest BCUT2D eigenvalue weighted by atomic mass is 16.5. The predicted molar refractivity (Wildman–Crippen MR) is 76.6 cm³/mol. The summed E-state index contributed by atoms with van der Waals surface area (Å²) in [6.07, 6.45) is 2.80. The first kappa shape index (κ1) is 14.5. The molecular weight excluding hydrogens is 254 g/mol. The van der Waals surface area contributed by atoms with Crippen LogP contribution in [-0.4, -0.2) is 27.8 Å². The fourth-order valence-electron chi connectivity index (χ4n) is 2.01. The van der Waals surface area contributed by atoms with Crippen molar-refractivity contribution in [1.82, 2.24) is 15.5 Å². The molecule has 0 aliphatic rings. The molecule has 108 valence electrons. The molecule has 2 rings (SSSR count). The number of rotatable bonds is 7. The van der Waals surface area contributed by atoms with Crippen molar-refractivity contribution in [1.29, 1.82) is 0 Å². The maximum Gasteiger partial charge on any atom is 0.227 e. The van der Waals surface area contributed by atoms with Gasteiger partial charge in [-0.1, -0.05) is 17.3 Å². The van der Waals surface area contributed by atoms with E-state index in [4.69, 9.17) is 4.52 Å². The van der Waals surface area contributed by atoms with E-state index in [2.05, 4.69) is 22.4 Å². The van der Waals surface area contributed by atoms with Crippen LogP contribution in [0.1, 0.15) is 30.6 Å². The maximum absolute atomic E-state index is 9.23. The summed E-state index contributed by atoms with van der Waals surface area (Å²) < 4.78 is 5.06. The number of nitrogens with zero attached hydrogens (tertiary/aromatic N) is 2. The second kappa shape index (κ2) is 7.05. The summed E-state index contributed by atoms with van der Waals surface area (Å²) in [6, 6.07) is 7.80. The van der Waals surface area contributed by atoms with Gasteiger partial charge < -0.3 is 14.9 Å². The van der Waals surface area contributed by atoms with E-state index in [0.717, 1.165) is 25.8 Å². The van der Waals surface area contributed by atoms with Gasteiger partial charge in [0.2, 0.25) is 5.89 Å². The first-order valence-corrected chi connectivity index (χ1v) is 6.94. The van der Waals surface area contributed by atoms with Crippen molar-refractivity contribution in [3.05, 3.63) is 41.5 Å². The number of phenols is 1. The van der Waals surface area contributed by atoms with Gasteiger partial charge in [-0.25, -0.2) is 0 Å². The van der Waals surface area contributed by atoms with Crippen LogP contribution >= 0.6 is 0 Å². The number of nitrogens with one attached hydrogen (secondary N) is 1. The SMILES string of the molecule is Cc1noc(CCNC(C)CCc2ccc(O)cc2)n1. The molecule has 0 amide bonds. The number of aryl methyl sites for hydroxylation is 2.